The van der Waals surface area contributed by atoms with Crippen LogP contribution in [0.1, 0.15) is 27.2 Å². The fourth-order valence-corrected chi connectivity index (χ4v) is 3.36. The minimum atomic E-state index is -0.167. The lowest BCUT2D eigenvalue weighted by Crippen LogP contribution is -2.24. The van der Waals surface area contributed by atoms with E-state index in [0.29, 0.717) is 28.6 Å². The van der Waals surface area contributed by atoms with Gasteiger partial charge in [-0.25, -0.2) is 4.68 Å². The fraction of sp³-hybridized carbons (Fsp3) is 0.130. The number of hydrogen-bond acceptors (Lipinski definition) is 2. The lowest BCUT2D eigenvalue weighted by atomic mass is 10.2. The molecule has 6 heteroatoms. The van der Waals surface area contributed by atoms with Crippen LogP contribution < -0.4 is 5.32 Å². The van der Waals surface area contributed by atoms with E-state index in [2.05, 4.69) is 10.4 Å². The van der Waals surface area contributed by atoms with Crippen LogP contribution in [0.25, 0.3) is 11.5 Å². The van der Waals surface area contributed by atoms with Crippen LogP contribution in [0.3, 0.4) is 0 Å². The highest BCUT2D eigenvalue weighted by Gasteiger charge is 2.23. The fourth-order valence-electron chi connectivity index (χ4n) is 3.23. The van der Waals surface area contributed by atoms with Gasteiger partial charge in [-0.2, -0.15) is 5.10 Å². The van der Waals surface area contributed by atoms with Gasteiger partial charge in [-0.1, -0.05) is 41.4 Å². The summed E-state index contributed by atoms with van der Waals surface area (Å²) in [7, 11) is 0. The van der Waals surface area contributed by atoms with Crippen molar-refractivity contribution in [1.82, 2.24) is 19.7 Å². The summed E-state index contributed by atoms with van der Waals surface area (Å²) in [5.74, 6) is 0.546. The first-order valence-electron chi connectivity index (χ1n) is 9.35. The van der Waals surface area contributed by atoms with Crippen LogP contribution in [0.2, 0.25) is 5.02 Å². The molecule has 0 bridgehead atoms. The molecule has 4 aromatic rings. The Morgan fingerprint density at radius 2 is 1.66 bits per heavy atom. The molecule has 146 valence electrons. The zero-order valence-electron chi connectivity index (χ0n) is 16.3. The maximum Gasteiger partial charge on any atom is 0.257 e. The first-order chi connectivity index (χ1) is 14.0. The summed E-state index contributed by atoms with van der Waals surface area (Å²) in [5.41, 5.74) is 4.27. The van der Waals surface area contributed by atoms with Crippen LogP contribution in [-0.2, 0) is 6.54 Å². The van der Waals surface area contributed by atoms with Gasteiger partial charge in [-0.05, 0) is 55.8 Å². The summed E-state index contributed by atoms with van der Waals surface area (Å²) >= 11 is 5.94. The third-order valence-electron chi connectivity index (χ3n) is 4.76. The van der Waals surface area contributed by atoms with Crippen LogP contribution in [0.15, 0.2) is 73.1 Å². The summed E-state index contributed by atoms with van der Waals surface area (Å²) in [6.07, 6.45) is 3.83. The zero-order chi connectivity index (χ0) is 20.4. The second-order valence-electron chi connectivity index (χ2n) is 6.93. The highest BCUT2D eigenvalue weighted by Crippen LogP contribution is 2.23. The molecule has 2 aromatic heterocycles. The van der Waals surface area contributed by atoms with Crippen molar-refractivity contribution in [3.8, 4) is 11.5 Å². The maximum absolute atomic E-state index is 13.1. The second-order valence-corrected chi connectivity index (χ2v) is 7.37. The Morgan fingerprint density at radius 3 is 2.31 bits per heavy atom. The highest BCUT2D eigenvalue weighted by molar-refractivity contribution is 6.30. The molecule has 0 saturated carbocycles. The summed E-state index contributed by atoms with van der Waals surface area (Å²) in [6.45, 7) is 4.31. The molecule has 5 nitrogen and oxygen atoms in total. The van der Waals surface area contributed by atoms with Crippen molar-refractivity contribution < 1.29 is 4.79 Å². The molecule has 0 saturated heterocycles. The van der Waals surface area contributed by atoms with E-state index in [9.17, 15) is 4.79 Å². The normalized spacial score (nSPS) is 10.9. The molecule has 2 aromatic carbocycles. The predicted octanol–water partition coefficient (Wildman–Crippen LogP) is 4.86. The Kier molecular flexibility index (Phi) is 5.23. The van der Waals surface area contributed by atoms with Gasteiger partial charge < -0.3 is 9.88 Å². The molecule has 0 spiro atoms. The number of carbonyl (C=O) groups is 1. The Hall–Kier alpha value is -3.31. The van der Waals surface area contributed by atoms with Gasteiger partial charge in [0.2, 0.25) is 0 Å². The number of nitrogens with zero attached hydrogens (tertiary/aromatic N) is 3. The second kappa shape index (κ2) is 7.97. The number of benzene rings is 2. The van der Waals surface area contributed by atoms with Crippen molar-refractivity contribution in [2.75, 3.05) is 0 Å². The number of nitrogens with one attached hydrogen (secondary N) is 1. The minimum absolute atomic E-state index is 0.167. The lowest BCUT2D eigenvalue weighted by molar-refractivity contribution is 0.0950. The van der Waals surface area contributed by atoms with E-state index >= 15 is 0 Å². The smallest absolute Gasteiger partial charge is 0.257 e. The number of halogens is 1. The number of rotatable bonds is 5. The van der Waals surface area contributed by atoms with E-state index in [0.717, 1.165) is 11.3 Å². The molecule has 0 aliphatic carbocycles. The first kappa shape index (κ1) is 19.0. The van der Waals surface area contributed by atoms with Crippen molar-refractivity contribution in [3.05, 3.63) is 100 Å². The maximum atomic E-state index is 13.1. The van der Waals surface area contributed by atoms with Crippen LogP contribution >= 0.6 is 11.6 Å². The van der Waals surface area contributed by atoms with Gasteiger partial charge in [0.15, 0.2) is 5.82 Å². The van der Waals surface area contributed by atoms with Crippen molar-refractivity contribution in [3.63, 3.8) is 0 Å². The quantitative estimate of drug-likeness (QED) is 0.516. The topological polar surface area (TPSA) is 51.9 Å². The van der Waals surface area contributed by atoms with Crippen LogP contribution in [0.5, 0.6) is 0 Å². The Labute approximate surface area is 174 Å². The van der Waals surface area contributed by atoms with Gasteiger partial charge >= 0.3 is 0 Å². The SMILES string of the molecule is Cc1ccc(-n2nc(C)c(C(=O)NCc3ccc(Cl)cc3)c2-n2cccc2)cc1. The molecule has 0 radical (unpaired) electrons. The third-order valence-corrected chi connectivity index (χ3v) is 5.01. The predicted molar refractivity (Wildman–Crippen MR) is 115 cm³/mol. The molecule has 1 N–H and O–H groups in total. The van der Waals surface area contributed by atoms with Crippen LogP contribution in [0, 0.1) is 13.8 Å². The molecule has 0 aliphatic rings. The average Bonchev–Trinajstić information content (AvgIpc) is 3.35. The molecule has 0 unspecified atom stereocenters. The highest BCUT2D eigenvalue weighted by atomic mass is 35.5. The van der Waals surface area contributed by atoms with Gasteiger partial charge in [-0.15, -0.1) is 0 Å². The minimum Gasteiger partial charge on any atom is -0.348 e. The Morgan fingerprint density at radius 1 is 1.00 bits per heavy atom. The van der Waals surface area contributed by atoms with Gasteiger partial charge in [0.05, 0.1) is 11.4 Å². The van der Waals surface area contributed by atoms with Crippen LogP contribution in [-0.4, -0.2) is 20.3 Å². The molecule has 4 rings (SSSR count). The van der Waals surface area contributed by atoms with Crippen LogP contribution in [0.4, 0.5) is 0 Å². The average molecular weight is 405 g/mol. The number of carbonyl (C=O) groups excluding carboxylic acids is 1. The molecule has 0 fully saturated rings. The molecule has 1 amide bonds. The van der Waals surface area contributed by atoms with E-state index in [4.69, 9.17) is 11.6 Å². The van der Waals surface area contributed by atoms with E-state index in [-0.39, 0.29) is 5.91 Å². The number of hydrogen-bond donors (Lipinski definition) is 1. The van der Waals surface area contributed by atoms with Gasteiger partial charge in [0.25, 0.3) is 5.91 Å². The van der Waals surface area contributed by atoms with E-state index < -0.39 is 0 Å². The third kappa shape index (κ3) is 3.96. The monoisotopic (exact) mass is 404 g/mol. The first-order valence-corrected chi connectivity index (χ1v) is 9.73. The van der Waals surface area contributed by atoms with Crippen molar-refractivity contribution in [1.29, 1.82) is 0 Å². The van der Waals surface area contributed by atoms with E-state index in [1.807, 2.05) is 96.2 Å². The largest absolute Gasteiger partial charge is 0.348 e. The van der Waals surface area contributed by atoms with E-state index in [1.54, 1.807) is 0 Å². The number of aryl methyl sites for hydroxylation is 2. The number of amides is 1. The summed E-state index contributed by atoms with van der Waals surface area (Å²) in [5, 5.41) is 8.35. The molecule has 2 heterocycles. The zero-order valence-corrected chi connectivity index (χ0v) is 17.0. The van der Waals surface area contributed by atoms with Gasteiger partial charge in [-0.3, -0.25) is 4.79 Å². The Balaban J connectivity index is 1.71. The molecule has 0 aliphatic heterocycles. The van der Waals surface area contributed by atoms with Crippen molar-refractivity contribution >= 4 is 17.5 Å². The molecule has 0 atom stereocenters. The molecule has 29 heavy (non-hydrogen) atoms. The molecular formula is C23H21ClN4O. The van der Waals surface area contributed by atoms with Gasteiger partial charge in [0.1, 0.15) is 5.56 Å². The summed E-state index contributed by atoms with van der Waals surface area (Å²) in [4.78, 5) is 13.1. The number of aromatic nitrogens is 3. The molecular weight excluding hydrogens is 384 g/mol. The summed E-state index contributed by atoms with van der Waals surface area (Å²) in [6, 6.07) is 19.4. The van der Waals surface area contributed by atoms with E-state index in [1.165, 1.54) is 5.56 Å². The van der Waals surface area contributed by atoms with Gasteiger partial charge in [0, 0.05) is 24.0 Å². The van der Waals surface area contributed by atoms with Crippen molar-refractivity contribution in [2.45, 2.75) is 20.4 Å². The Bertz CT molecular complexity index is 1130. The van der Waals surface area contributed by atoms with Crippen molar-refractivity contribution in [2.24, 2.45) is 0 Å². The lowest BCUT2D eigenvalue weighted by Gasteiger charge is -2.12. The summed E-state index contributed by atoms with van der Waals surface area (Å²) < 4.78 is 3.73. The standard InChI is InChI=1S/C23H21ClN4O/c1-16-5-11-20(12-6-16)28-23(27-13-3-4-14-27)21(17(2)26-28)22(29)25-15-18-7-9-19(24)10-8-18/h3-14H,15H2,1-2H3,(H,25,29).